The van der Waals surface area contributed by atoms with Gasteiger partial charge in [-0.15, -0.1) is 0 Å². The molecule has 0 spiro atoms. The van der Waals surface area contributed by atoms with E-state index in [-0.39, 0.29) is 12.1 Å². The van der Waals surface area contributed by atoms with Crippen LogP contribution in [-0.4, -0.2) is 11.3 Å². The molecule has 5 aromatic carbocycles. The van der Waals surface area contributed by atoms with E-state index in [2.05, 4.69) is 128 Å². The largest absolute Gasteiger partial charge is 0.310 e. The number of benzene rings is 5. The molecule has 0 saturated heterocycles. The molecule has 0 unspecified atom stereocenters. The van der Waals surface area contributed by atoms with Gasteiger partial charge in [-0.1, -0.05) is 122 Å². The van der Waals surface area contributed by atoms with E-state index in [9.17, 15) is 0 Å². The van der Waals surface area contributed by atoms with Gasteiger partial charge in [0.1, 0.15) is 0 Å². The smallest absolute Gasteiger partial charge is 0.247 e. The Bertz CT molecular complexity index is 1820. The van der Waals surface area contributed by atoms with E-state index >= 15 is 0 Å². The lowest BCUT2D eigenvalue weighted by Crippen LogP contribution is -2.63. The van der Waals surface area contributed by atoms with Crippen LogP contribution < -0.4 is 16.4 Å². The van der Waals surface area contributed by atoms with Gasteiger partial charge in [-0.05, 0) is 33.7 Å². The van der Waals surface area contributed by atoms with Crippen LogP contribution in [0.15, 0.2) is 109 Å². The maximum Gasteiger partial charge on any atom is 0.247 e. The van der Waals surface area contributed by atoms with Gasteiger partial charge in [-0.25, -0.2) is 0 Å². The summed E-state index contributed by atoms with van der Waals surface area (Å²) in [5.74, 6) is 0. The van der Waals surface area contributed by atoms with Gasteiger partial charge in [0.15, 0.2) is 0 Å². The van der Waals surface area contributed by atoms with Crippen LogP contribution in [0, 0.1) is 0 Å². The molecule has 164 valence electrons. The highest BCUT2D eigenvalue weighted by Crippen LogP contribution is 2.42. The third-order valence-corrected chi connectivity index (χ3v) is 8.47. The van der Waals surface area contributed by atoms with Crippen molar-refractivity contribution in [2.75, 3.05) is 0 Å². The van der Waals surface area contributed by atoms with Gasteiger partial charge >= 0.3 is 0 Å². The summed E-state index contributed by atoms with van der Waals surface area (Å²) in [6.45, 7) is 5.01. The molecule has 2 aliphatic heterocycles. The molecule has 0 atom stereocenters. The maximum atomic E-state index is 2.57. The van der Waals surface area contributed by atoms with Gasteiger partial charge in [0.2, 0.25) is 6.71 Å². The van der Waals surface area contributed by atoms with Crippen molar-refractivity contribution >= 4 is 44.9 Å². The Kier molecular flexibility index (Phi) is 3.61. The molecule has 0 fully saturated rings. The van der Waals surface area contributed by atoms with E-state index in [1.54, 1.807) is 0 Å². The van der Waals surface area contributed by atoms with Crippen molar-refractivity contribution in [1.29, 1.82) is 0 Å². The van der Waals surface area contributed by atoms with Crippen LogP contribution in [0.3, 0.4) is 0 Å². The molecule has 35 heavy (non-hydrogen) atoms. The van der Waals surface area contributed by atoms with Crippen LogP contribution in [0.2, 0.25) is 0 Å². The minimum absolute atomic E-state index is 0.0492. The molecule has 1 aromatic heterocycles. The minimum Gasteiger partial charge on any atom is -0.310 e. The highest BCUT2D eigenvalue weighted by atomic mass is 15.0. The molecular formula is C33H24BN. The van der Waals surface area contributed by atoms with Crippen molar-refractivity contribution in [1.82, 2.24) is 4.57 Å². The topological polar surface area (TPSA) is 4.93 Å². The van der Waals surface area contributed by atoms with E-state index in [0.29, 0.717) is 0 Å². The fourth-order valence-corrected chi connectivity index (χ4v) is 6.99. The molecule has 0 amide bonds. The second-order valence-corrected chi connectivity index (χ2v) is 10.5. The Morgan fingerprint density at radius 1 is 0.600 bits per heavy atom. The maximum absolute atomic E-state index is 2.57. The Morgan fingerprint density at radius 2 is 1.34 bits per heavy atom. The predicted octanol–water partition coefficient (Wildman–Crippen LogP) is 5.92. The predicted molar refractivity (Wildman–Crippen MR) is 149 cm³/mol. The first-order valence-corrected chi connectivity index (χ1v) is 12.5. The molecule has 0 aliphatic carbocycles. The van der Waals surface area contributed by atoms with Gasteiger partial charge in [-0.2, -0.15) is 0 Å². The summed E-state index contributed by atoms with van der Waals surface area (Å²) < 4.78 is 2.57. The summed E-state index contributed by atoms with van der Waals surface area (Å²) in [7, 11) is 0. The summed E-state index contributed by atoms with van der Waals surface area (Å²) in [4.78, 5) is 0. The van der Waals surface area contributed by atoms with Gasteiger partial charge in [0.05, 0.1) is 5.52 Å². The fraction of sp³-hybridized carbons (Fsp3) is 0.0909. The van der Waals surface area contributed by atoms with Gasteiger partial charge in [0, 0.05) is 33.0 Å². The number of hydrogen-bond acceptors (Lipinski definition) is 0. The number of para-hydroxylation sites is 2. The number of hydrogen-bond donors (Lipinski definition) is 0. The molecule has 0 N–H and O–H groups in total. The number of nitrogens with zero attached hydrogens (tertiary/aromatic N) is 1. The van der Waals surface area contributed by atoms with Crippen LogP contribution in [0.4, 0.5) is 0 Å². The van der Waals surface area contributed by atoms with E-state index in [4.69, 9.17) is 0 Å². The third-order valence-electron chi connectivity index (χ3n) is 8.47. The minimum atomic E-state index is -0.0492. The highest BCUT2D eigenvalue weighted by molar-refractivity contribution is 6.99. The molecule has 1 nitrogen and oxygen atoms in total. The summed E-state index contributed by atoms with van der Waals surface area (Å²) in [6, 6.07) is 40.6. The van der Waals surface area contributed by atoms with Crippen LogP contribution in [-0.2, 0) is 5.41 Å². The second kappa shape index (κ2) is 6.55. The SMILES string of the molecule is CC1(C)c2ccccc2B2c3cccc(-c4ccccc4)c3-n3c4ccccc4c4ccc1c2c43. The average Bonchev–Trinajstić information content (AvgIpc) is 3.24. The monoisotopic (exact) mass is 445 g/mol. The summed E-state index contributed by atoms with van der Waals surface area (Å²) in [5.41, 5.74) is 13.7. The molecule has 3 heterocycles. The second-order valence-electron chi connectivity index (χ2n) is 10.5. The van der Waals surface area contributed by atoms with Crippen molar-refractivity contribution in [3.8, 4) is 16.8 Å². The number of aromatic nitrogens is 1. The summed E-state index contributed by atoms with van der Waals surface area (Å²) in [5, 5.41) is 2.68. The van der Waals surface area contributed by atoms with Crippen molar-refractivity contribution in [2.45, 2.75) is 19.3 Å². The van der Waals surface area contributed by atoms with Gasteiger partial charge in [-0.3, -0.25) is 0 Å². The lowest BCUT2D eigenvalue weighted by molar-refractivity contribution is 0.646. The zero-order valence-electron chi connectivity index (χ0n) is 19.9. The average molecular weight is 445 g/mol. The molecule has 0 bridgehead atoms. The Hall–Kier alpha value is -4.04. The van der Waals surface area contributed by atoms with E-state index < -0.39 is 0 Å². The van der Waals surface area contributed by atoms with Crippen molar-refractivity contribution in [2.24, 2.45) is 0 Å². The number of rotatable bonds is 1. The summed E-state index contributed by atoms with van der Waals surface area (Å²) >= 11 is 0. The van der Waals surface area contributed by atoms with Gasteiger partial charge < -0.3 is 4.57 Å². The zero-order valence-corrected chi connectivity index (χ0v) is 19.9. The third kappa shape index (κ3) is 2.30. The highest BCUT2D eigenvalue weighted by Gasteiger charge is 2.45. The van der Waals surface area contributed by atoms with Gasteiger partial charge in [0.25, 0.3) is 0 Å². The van der Waals surface area contributed by atoms with Crippen LogP contribution in [0.5, 0.6) is 0 Å². The lowest BCUT2D eigenvalue weighted by atomic mass is 9.30. The van der Waals surface area contributed by atoms with E-state index in [1.807, 2.05) is 0 Å². The van der Waals surface area contributed by atoms with E-state index in [1.165, 1.54) is 66.1 Å². The molecule has 6 aromatic rings. The van der Waals surface area contributed by atoms with Crippen LogP contribution in [0.1, 0.15) is 25.0 Å². The lowest BCUT2D eigenvalue weighted by Gasteiger charge is -2.41. The van der Waals surface area contributed by atoms with E-state index in [0.717, 1.165) is 0 Å². The van der Waals surface area contributed by atoms with Crippen LogP contribution in [0.25, 0.3) is 38.6 Å². The normalized spacial score (nSPS) is 14.7. The van der Waals surface area contributed by atoms with Crippen LogP contribution >= 0.6 is 0 Å². The first-order chi connectivity index (χ1) is 17.2. The molecule has 0 saturated carbocycles. The Morgan fingerprint density at radius 3 is 2.23 bits per heavy atom. The van der Waals surface area contributed by atoms with Crippen molar-refractivity contribution in [3.05, 3.63) is 120 Å². The summed E-state index contributed by atoms with van der Waals surface area (Å²) in [6.07, 6.45) is 0. The molecule has 2 aliphatic rings. The molecule has 0 radical (unpaired) electrons. The first kappa shape index (κ1) is 19.3. The molecule has 8 rings (SSSR count). The van der Waals surface area contributed by atoms with Crippen molar-refractivity contribution in [3.63, 3.8) is 0 Å². The Balaban J connectivity index is 1.64. The van der Waals surface area contributed by atoms with Crippen molar-refractivity contribution < 1.29 is 0 Å². The molecular weight excluding hydrogens is 421 g/mol. The standard InChI is InChI=1S/C33H24BN/c1-33(2)25-15-7-8-16-27(25)34-28-17-10-14-22(21-11-4-3-5-12-21)31(28)35-29-18-9-6-13-23(29)24-19-20-26(33)30(34)32(24)35/h3-20H,1-2H3. The Labute approximate surface area is 205 Å². The molecule has 2 heteroatoms. The first-order valence-electron chi connectivity index (χ1n) is 12.5. The zero-order chi connectivity index (χ0) is 23.3. The quantitative estimate of drug-likeness (QED) is 0.277. The number of fused-ring (bicyclic) bond motifs is 8. The fourth-order valence-electron chi connectivity index (χ4n) is 6.99.